The van der Waals surface area contributed by atoms with Crippen LogP contribution < -0.4 is 15.4 Å². The second kappa shape index (κ2) is 14.7. The number of anilines is 1. The molecule has 1 heterocycles. The molecule has 0 bridgehead atoms. The summed E-state index contributed by atoms with van der Waals surface area (Å²) in [6, 6.07) is 6.44. The van der Waals surface area contributed by atoms with Crippen molar-refractivity contribution in [2.75, 3.05) is 11.9 Å². The van der Waals surface area contributed by atoms with Gasteiger partial charge in [0.15, 0.2) is 0 Å². The average Bonchev–Trinajstić information content (AvgIpc) is 3.31. The molecule has 4 rings (SSSR count). The number of nitrogens with zero attached hydrogens (tertiary/aromatic N) is 2. The maximum Gasteiger partial charge on any atom is 0.573 e. The number of alkyl halides is 9. The van der Waals surface area contributed by atoms with E-state index in [1.165, 1.54) is 28.9 Å². The molecule has 0 radical (unpaired) electrons. The molecule has 1 unspecified atom stereocenters. The van der Waals surface area contributed by atoms with Crippen molar-refractivity contribution in [1.82, 2.24) is 15.1 Å². The molecule has 48 heavy (non-hydrogen) atoms. The number of nitrogens with one attached hydrogen (secondary N) is 2. The number of carbonyl (C=O) groups is 1. The molecule has 1 aromatic heterocycles. The number of aryl methyl sites for hydroxylation is 1. The normalized spacial score (nSPS) is 18.1. The van der Waals surface area contributed by atoms with Crippen molar-refractivity contribution in [3.63, 3.8) is 0 Å². The number of carboxylic acids is 1. The lowest BCUT2D eigenvalue weighted by molar-refractivity contribution is -0.274. The zero-order valence-corrected chi connectivity index (χ0v) is 26.0. The summed E-state index contributed by atoms with van der Waals surface area (Å²) < 4.78 is 124. The number of hydrogen-bond acceptors (Lipinski definition) is 5. The van der Waals surface area contributed by atoms with Crippen LogP contribution in [0.4, 0.5) is 45.3 Å². The lowest BCUT2D eigenvalue weighted by Gasteiger charge is -2.29. The van der Waals surface area contributed by atoms with Gasteiger partial charge in [-0.15, -0.1) is 13.2 Å². The molecule has 3 aromatic rings. The number of rotatable bonds is 12. The van der Waals surface area contributed by atoms with Crippen LogP contribution in [0.2, 0.25) is 0 Å². The van der Waals surface area contributed by atoms with Crippen molar-refractivity contribution in [2.45, 2.75) is 83.8 Å². The van der Waals surface area contributed by atoms with Crippen LogP contribution in [0.1, 0.15) is 78.6 Å². The molecule has 0 amide bonds. The number of carboxylic acid groups (broad SMARTS) is 1. The van der Waals surface area contributed by atoms with Crippen molar-refractivity contribution in [1.29, 1.82) is 0 Å². The third-order valence-electron chi connectivity index (χ3n) is 8.38. The molecular formula is C32H35F9N4O3. The molecular weight excluding hydrogens is 659 g/mol. The molecule has 1 aliphatic carbocycles. The van der Waals surface area contributed by atoms with Crippen molar-refractivity contribution in [3.8, 4) is 5.75 Å². The molecule has 0 aliphatic heterocycles. The van der Waals surface area contributed by atoms with Crippen molar-refractivity contribution >= 4 is 11.8 Å². The van der Waals surface area contributed by atoms with E-state index in [1.807, 2.05) is 6.92 Å². The van der Waals surface area contributed by atoms with Gasteiger partial charge >= 0.3 is 24.7 Å². The van der Waals surface area contributed by atoms with Gasteiger partial charge in [0.1, 0.15) is 11.6 Å². The van der Waals surface area contributed by atoms with Gasteiger partial charge in [-0.2, -0.15) is 31.4 Å². The first kappa shape index (κ1) is 36.9. The van der Waals surface area contributed by atoms with Crippen LogP contribution in [0.5, 0.6) is 5.75 Å². The Hall–Kier alpha value is -3.95. The van der Waals surface area contributed by atoms with Crippen LogP contribution in [-0.4, -0.2) is 33.8 Å². The molecule has 0 spiro atoms. The summed E-state index contributed by atoms with van der Waals surface area (Å²) in [6.45, 7) is 3.59. The minimum atomic E-state index is -5.00. The van der Waals surface area contributed by atoms with Gasteiger partial charge in [-0.1, -0.05) is 6.07 Å². The number of halogens is 9. The molecule has 16 heteroatoms. The summed E-state index contributed by atoms with van der Waals surface area (Å²) in [6.07, 6.45) is -11.5. The SMILES string of the molecule is Cc1cc(NCc2cc(OC(F)(F)F)ccc2C(C)NCC2CCC(CC(=O)O)CC2)nn1Cc1cc(C(F)(F)F)cc(C(F)(F)F)c1. The van der Waals surface area contributed by atoms with Gasteiger partial charge in [0.2, 0.25) is 0 Å². The van der Waals surface area contributed by atoms with E-state index in [-0.39, 0.29) is 42.4 Å². The third kappa shape index (κ3) is 10.5. The topological polar surface area (TPSA) is 88.4 Å². The Kier molecular flexibility index (Phi) is 11.3. The first-order valence-corrected chi connectivity index (χ1v) is 15.2. The van der Waals surface area contributed by atoms with Gasteiger partial charge in [0.05, 0.1) is 17.7 Å². The number of aliphatic carboxylic acids is 1. The fourth-order valence-electron chi connectivity index (χ4n) is 5.92. The summed E-state index contributed by atoms with van der Waals surface area (Å²) in [7, 11) is 0. The van der Waals surface area contributed by atoms with Crippen LogP contribution in [0.3, 0.4) is 0 Å². The van der Waals surface area contributed by atoms with Gasteiger partial charge in [0, 0.05) is 30.8 Å². The Balaban J connectivity index is 1.48. The highest BCUT2D eigenvalue weighted by Gasteiger charge is 2.37. The maximum absolute atomic E-state index is 13.3. The molecule has 1 atom stereocenters. The Labute approximate surface area is 270 Å². The second-order valence-corrected chi connectivity index (χ2v) is 12.1. The predicted octanol–water partition coefficient (Wildman–Crippen LogP) is 8.72. The van der Waals surface area contributed by atoms with E-state index in [9.17, 15) is 44.3 Å². The number of aromatic nitrogens is 2. The van der Waals surface area contributed by atoms with Gasteiger partial charge < -0.3 is 20.5 Å². The van der Waals surface area contributed by atoms with E-state index in [0.717, 1.165) is 25.7 Å². The molecule has 1 fully saturated rings. The molecule has 1 saturated carbocycles. The summed E-state index contributed by atoms with van der Waals surface area (Å²) in [4.78, 5) is 11.0. The van der Waals surface area contributed by atoms with Crippen LogP contribution in [0.25, 0.3) is 0 Å². The van der Waals surface area contributed by atoms with Gasteiger partial charge in [-0.05, 0) is 105 Å². The highest BCUT2D eigenvalue weighted by Crippen LogP contribution is 2.37. The van der Waals surface area contributed by atoms with Gasteiger partial charge in [0.25, 0.3) is 0 Å². The van der Waals surface area contributed by atoms with Crippen LogP contribution in [-0.2, 0) is 30.2 Å². The highest BCUT2D eigenvalue weighted by atomic mass is 19.4. The number of hydrogen-bond donors (Lipinski definition) is 3. The van der Waals surface area contributed by atoms with E-state index in [2.05, 4.69) is 20.5 Å². The van der Waals surface area contributed by atoms with E-state index in [0.29, 0.717) is 41.4 Å². The first-order chi connectivity index (χ1) is 22.3. The fourth-order valence-corrected chi connectivity index (χ4v) is 5.92. The average molecular weight is 695 g/mol. The minimum absolute atomic E-state index is 0.0328. The predicted molar refractivity (Wildman–Crippen MR) is 157 cm³/mol. The Bertz CT molecular complexity index is 1530. The van der Waals surface area contributed by atoms with Crippen LogP contribution >= 0.6 is 0 Å². The lowest BCUT2D eigenvalue weighted by atomic mass is 9.80. The van der Waals surface area contributed by atoms with Gasteiger partial charge in [-0.25, -0.2) is 0 Å². The molecule has 264 valence electrons. The van der Waals surface area contributed by atoms with Crippen molar-refractivity contribution in [2.24, 2.45) is 11.8 Å². The van der Waals surface area contributed by atoms with E-state index in [1.54, 1.807) is 6.92 Å². The van der Waals surface area contributed by atoms with E-state index >= 15 is 0 Å². The molecule has 3 N–H and O–H groups in total. The van der Waals surface area contributed by atoms with Gasteiger partial charge in [-0.3, -0.25) is 9.48 Å². The summed E-state index contributed by atoms with van der Waals surface area (Å²) in [5.74, 6) is -0.616. The zero-order valence-electron chi connectivity index (χ0n) is 26.0. The monoisotopic (exact) mass is 694 g/mol. The second-order valence-electron chi connectivity index (χ2n) is 12.1. The summed E-state index contributed by atoms with van der Waals surface area (Å²) in [5, 5.41) is 19.7. The number of ether oxygens (including phenoxy) is 1. The molecule has 7 nitrogen and oxygen atoms in total. The smallest absolute Gasteiger partial charge is 0.481 e. The number of benzene rings is 2. The van der Waals surface area contributed by atoms with Crippen molar-refractivity contribution < 1.29 is 54.2 Å². The minimum Gasteiger partial charge on any atom is -0.481 e. The zero-order chi connectivity index (χ0) is 35.4. The molecule has 0 saturated heterocycles. The first-order valence-electron chi connectivity index (χ1n) is 15.2. The van der Waals surface area contributed by atoms with E-state index < -0.39 is 48.1 Å². The Morgan fingerprint density at radius 1 is 0.938 bits per heavy atom. The summed E-state index contributed by atoms with van der Waals surface area (Å²) >= 11 is 0. The standard InChI is InChI=1S/C32H35F9N4O3/c1-18-9-28(44-45(18)17-22-10-24(30(33,34)35)14-25(11-22)31(36,37)38)43-16-23-13-26(48-32(39,40)41)7-8-27(23)19(2)42-15-21-5-3-20(4-6-21)12-29(46)47/h7-11,13-14,19-21,42H,3-6,12,15-17H2,1-2H3,(H,43,44)(H,46,47). The van der Waals surface area contributed by atoms with Crippen molar-refractivity contribution in [3.05, 3.63) is 76.0 Å². The van der Waals surface area contributed by atoms with E-state index in [4.69, 9.17) is 5.11 Å². The lowest BCUT2D eigenvalue weighted by Crippen LogP contribution is -2.29. The third-order valence-corrected chi connectivity index (χ3v) is 8.38. The fraction of sp³-hybridized carbons (Fsp3) is 0.500. The molecule has 1 aliphatic rings. The Morgan fingerprint density at radius 2 is 1.54 bits per heavy atom. The largest absolute Gasteiger partial charge is 0.573 e. The quantitative estimate of drug-likeness (QED) is 0.165. The molecule has 2 aromatic carbocycles. The highest BCUT2D eigenvalue weighted by molar-refractivity contribution is 5.67. The van der Waals surface area contributed by atoms with Crippen LogP contribution in [0.15, 0.2) is 42.5 Å². The van der Waals surface area contributed by atoms with Crippen LogP contribution in [0, 0.1) is 18.8 Å². The Morgan fingerprint density at radius 3 is 2.10 bits per heavy atom. The summed E-state index contributed by atoms with van der Waals surface area (Å²) in [5.41, 5.74) is -1.66. The maximum atomic E-state index is 13.3.